The van der Waals surface area contributed by atoms with E-state index in [1.807, 2.05) is 54.6 Å². The highest BCUT2D eigenvalue weighted by Gasteiger charge is 2.14. The Balaban J connectivity index is 2.15. The van der Waals surface area contributed by atoms with Gasteiger partial charge in [0.15, 0.2) is 0 Å². The number of hydrogen-bond donors (Lipinski definition) is 2. The zero-order valence-corrected chi connectivity index (χ0v) is 16.3. The van der Waals surface area contributed by atoms with E-state index in [4.69, 9.17) is 21.4 Å². The maximum atomic E-state index is 9.71. The number of halogens is 1. The van der Waals surface area contributed by atoms with Crippen LogP contribution in [0.1, 0.15) is 23.1 Å². The van der Waals surface area contributed by atoms with Gasteiger partial charge in [-0.2, -0.15) is 0 Å². The van der Waals surface area contributed by atoms with Crippen molar-refractivity contribution in [2.24, 2.45) is 0 Å². The molecule has 0 aromatic heterocycles. The summed E-state index contributed by atoms with van der Waals surface area (Å²) in [6.45, 7) is 0.246. The van der Waals surface area contributed by atoms with Gasteiger partial charge in [0, 0.05) is 5.88 Å². The van der Waals surface area contributed by atoms with E-state index in [-0.39, 0.29) is 19.0 Å². The molecule has 3 aromatic carbocycles. The maximum Gasteiger partial charge on any atom is 0.119 e. The smallest absolute Gasteiger partial charge is 0.119 e. The van der Waals surface area contributed by atoms with Gasteiger partial charge in [0.2, 0.25) is 0 Å². The lowest BCUT2D eigenvalue weighted by atomic mass is 9.88. The first-order valence-electron chi connectivity index (χ1n) is 9.21. The van der Waals surface area contributed by atoms with Crippen LogP contribution in [0.4, 0.5) is 0 Å². The fourth-order valence-electron chi connectivity index (χ4n) is 3.17. The van der Waals surface area contributed by atoms with E-state index in [0.717, 1.165) is 27.8 Å². The van der Waals surface area contributed by atoms with E-state index in [1.165, 1.54) is 0 Å². The minimum atomic E-state index is -0.0196. The van der Waals surface area contributed by atoms with Crippen LogP contribution in [0.5, 0.6) is 11.5 Å². The molecule has 0 amide bonds. The molecular formula is C24H23ClO3. The van der Waals surface area contributed by atoms with Crippen LogP contribution >= 0.6 is 11.6 Å². The Morgan fingerprint density at radius 2 is 1.39 bits per heavy atom. The van der Waals surface area contributed by atoms with E-state index in [1.54, 1.807) is 12.1 Å². The number of phenols is 1. The van der Waals surface area contributed by atoms with E-state index in [2.05, 4.69) is 12.1 Å². The number of hydrogen-bond acceptors (Lipinski definition) is 3. The normalized spacial score (nSPS) is 11.8. The lowest BCUT2D eigenvalue weighted by molar-refractivity contribution is 0.201. The molecule has 28 heavy (non-hydrogen) atoms. The number of ether oxygens (including phenoxy) is 1. The molecule has 0 fully saturated rings. The number of aromatic hydroxyl groups is 1. The number of rotatable bonds is 8. The molecule has 0 saturated heterocycles. The van der Waals surface area contributed by atoms with Gasteiger partial charge in [-0.15, -0.1) is 11.6 Å². The Morgan fingerprint density at radius 3 is 1.96 bits per heavy atom. The largest absolute Gasteiger partial charge is 0.508 e. The van der Waals surface area contributed by atoms with Crippen LogP contribution in [0.25, 0.3) is 11.1 Å². The van der Waals surface area contributed by atoms with Crippen molar-refractivity contribution in [3.63, 3.8) is 0 Å². The molecule has 3 nitrogen and oxygen atoms in total. The van der Waals surface area contributed by atoms with Gasteiger partial charge in [0.1, 0.15) is 18.1 Å². The van der Waals surface area contributed by atoms with Crippen molar-refractivity contribution in [3.05, 3.63) is 95.6 Å². The highest BCUT2D eigenvalue weighted by Crippen LogP contribution is 2.35. The summed E-state index contributed by atoms with van der Waals surface area (Å²) in [5.41, 5.74) is 5.37. The predicted octanol–water partition coefficient (Wildman–Crippen LogP) is 5.35. The van der Waals surface area contributed by atoms with Gasteiger partial charge in [-0.3, -0.25) is 0 Å². The molecule has 0 unspecified atom stereocenters. The second-order valence-electron chi connectivity index (χ2n) is 6.30. The Bertz CT molecular complexity index is 901. The van der Waals surface area contributed by atoms with Gasteiger partial charge >= 0.3 is 0 Å². The fourth-order valence-corrected chi connectivity index (χ4v) is 3.36. The molecule has 3 aromatic rings. The molecular weight excluding hydrogens is 372 g/mol. The van der Waals surface area contributed by atoms with Gasteiger partial charge in [-0.05, 0) is 58.5 Å². The number of aliphatic hydroxyl groups excluding tert-OH is 1. The predicted molar refractivity (Wildman–Crippen MR) is 115 cm³/mol. The van der Waals surface area contributed by atoms with E-state index >= 15 is 0 Å². The summed E-state index contributed by atoms with van der Waals surface area (Å²) >= 11 is 6.15. The third kappa shape index (κ3) is 4.94. The lowest BCUT2D eigenvalue weighted by Crippen LogP contribution is -2.01. The van der Waals surface area contributed by atoms with Crippen LogP contribution in [0.3, 0.4) is 0 Å². The third-order valence-corrected chi connectivity index (χ3v) is 4.62. The van der Waals surface area contributed by atoms with Crippen LogP contribution in [0.2, 0.25) is 0 Å². The summed E-state index contributed by atoms with van der Waals surface area (Å²) in [6, 6.07) is 25.2. The highest BCUT2D eigenvalue weighted by molar-refractivity contribution is 6.18. The Hall–Kier alpha value is -2.75. The zero-order chi connectivity index (χ0) is 19.8. The molecule has 3 rings (SSSR count). The summed E-state index contributed by atoms with van der Waals surface area (Å²) in [7, 11) is 0. The van der Waals surface area contributed by atoms with Crippen molar-refractivity contribution >= 4 is 22.7 Å². The second-order valence-corrected chi connectivity index (χ2v) is 6.68. The molecule has 0 bridgehead atoms. The van der Waals surface area contributed by atoms with Gasteiger partial charge in [0.05, 0.1) is 6.61 Å². The van der Waals surface area contributed by atoms with Crippen LogP contribution in [-0.2, 0) is 0 Å². The summed E-state index contributed by atoms with van der Waals surface area (Å²) in [5, 5.41) is 18.6. The molecule has 4 heteroatoms. The van der Waals surface area contributed by atoms with Crippen LogP contribution < -0.4 is 4.74 Å². The lowest BCUT2D eigenvalue weighted by Gasteiger charge is -2.17. The SMILES string of the molecule is OCCOc1ccc(C(=C(CCCl)c2ccccc2)c2ccc(O)cc2)cc1. The molecule has 0 aliphatic heterocycles. The van der Waals surface area contributed by atoms with Crippen molar-refractivity contribution < 1.29 is 14.9 Å². The van der Waals surface area contributed by atoms with Crippen molar-refractivity contribution in [1.82, 2.24) is 0 Å². The molecule has 0 radical (unpaired) electrons. The van der Waals surface area contributed by atoms with Gasteiger partial charge in [-0.25, -0.2) is 0 Å². The monoisotopic (exact) mass is 394 g/mol. The first-order chi connectivity index (χ1) is 13.7. The number of aliphatic hydroxyl groups is 1. The molecule has 0 atom stereocenters. The summed E-state index contributed by atoms with van der Waals surface area (Å²) in [6.07, 6.45) is 0.713. The summed E-state index contributed by atoms with van der Waals surface area (Å²) in [5.74, 6) is 1.44. The van der Waals surface area contributed by atoms with E-state index in [9.17, 15) is 5.11 Å². The van der Waals surface area contributed by atoms with Crippen molar-refractivity contribution in [2.45, 2.75) is 6.42 Å². The van der Waals surface area contributed by atoms with Gasteiger partial charge < -0.3 is 14.9 Å². The number of benzene rings is 3. The number of allylic oxidation sites excluding steroid dienone is 1. The second kappa shape index (κ2) is 9.98. The Kier molecular flexibility index (Phi) is 7.12. The van der Waals surface area contributed by atoms with E-state index in [0.29, 0.717) is 18.1 Å². The minimum Gasteiger partial charge on any atom is -0.508 e. The zero-order valence-electron chi connectivity index (χ0n) is 15.5. The molecule has 0 saturated carbocycles. The van der Waals surface area contributed by atoms with Crippen LogP contribution in [0.15, 0.2) is 78.9 Å². The van der Waals surface area contributed by atoms with Crippen molar-refractivity contribution in [2.75, 3.05) is 19.1 Å². The van der Waals surface area contributed by atoms with Gasteiger partial charge in [-0.1, -0.05) is 54.6 Å². The van der Waals surface area contributed by atoms with Crippen molar-refractivity contribution in [1.29, 1.82) is 0 Å². The summed E-state index contributed by atoms with van der Waals surface area (Å²) in [4.78, 5) is 0. The number of alkyl halides is 1. The highest BCUT2D eigenvalue weighted by atomic mass is 35.5. The first-order valence-corrected chi connectivity index (χ1v) is 9.74. The topological polar surface area (TPSA) is 49.7 Å². The van der Waals surface area contributed by atoms with E-state index < -0.39 is 0 Å². The van der Waals surface area contributed by atoms with Gasteiger partial charge in [0.25, 0.3) is 0 Å². The average molecular weight is 395 g/mol. The van der Waals surface area contributed by atoms with Crippen LogP contribution in [0, 0.1) is 0 Å². The molecule has 0 aliphatic rings. The standard InChI is InChI=1S/C24H23ClO3/c25-15-14-23(18-4-2-1-3-5-18)24(19-6-10-21(27)11-7-19)20-8-12-22(13-9-20)28-17-16-26/h1-13,26-27H,14-17H2. The Morgan fingerprint density at radius 1 is 0.786 bits per heavy atom. The summed E-state index contributed by atoms with van der Waals surface area (Å²) < 4.78 is 5.48. The first kappa shape index (κ1) is 20.0. The van der Waals surface area contributed by atoms with Crippen LogP contribution in [-0.4, -0.2) is 29.3 Å². The maximum absolute atomic E-state index is 9.71. The average Bonchev–Trinajstić information content (AvgIpc) is 2.74. The fraction of sp³-hybridized carbons (Fsp3) is 0.167. The molecule has 2 N–H and O–H groups in total. The molecule has 0 heterocycles. The minimum absolute atomic E-state index is 0.0196. The molecule has 0 spiro atoms. The third-order valence-electron chi connectivity index (χ3n) is 4.43. The molecule has 144 valence electrons. The quantitative estimate of drug-likeness (QED) is 0.400. The Labute approximate surface area is 170 Å². The van der Waals surface area contributed by atoms with Crippen molar-refractivity contribution in [3.8, 4) is 11.5 Å². The molecule has 0 aliphatic carbocycles. The number of phenolic OH excluding ortho intramolecular Hbond substituents is 1.